The van der Waals surface area contributed by atoms with Gasteiger partial charge in [0.05, 0.1) is 23.6 Å². The van der Waals surface area contributed by atoms with Gasteiger partial charge in [-0.1, -0.05) is 11.6 Å². The van der Waals surface area contributed by atoms with Gasteiger partial charge in [0.1, 0.15) is 5.75 Å². The molecular formula is C16H16ClNO4S. The Morgan fingerprint density at radius 2 is 1.87 bits per heavy atom. The van der Waals surface area contributed by atoms with Crippen LogP contribution in [-0.4, -0.2) is 37.5 Å². The van der Waals surface area contributed by atoms with Crippen molar-refractivity contribution < 1.29 is 19.1 Å². The number of rotatable bonds is 6. The van der Waals surface area contributed by atoms with Gasteiger partial charge in [0.15, 0.2) is 6.61 Å². The van der Waals surface area contributed by atoms with E-state index in [2.05, 4.69) is 4.74 Å². The normalized spacial score (nSPS) is 10.2. The molecule has 0 atom stereocenters. The van der Waals surface area contributed by atoms with E-state index in [0.29, 0.717) is 22.2 Å². The highest BCUT2D eigenvalue weighted by molar-refractivity contribution is 7.16. The van der Waals surface area contributed by atoms with Crippen LogP contribution in [0.4, 0.5) is 0 Å². The van der Waals surface area contributed by atoms with Crippen LogP contribution in [0.25, 0.3) is 0 Å². The summed E-state index contributed by atoms with van der Waals surface area (Å²) in [6.45, 7) is 0.411. The van der Waals surface area contributed by atoms with E-state index in [1.807, 2.05) is 6.07 Å². The summed E-state index contributed by atoms with van der Waals surface area (Å²) in [4.78, 5) is 26.0. The Bertz CT molecular complexity index is 684. The fraction of sp³-hybridized carbons (Fsp3) is 0.250. The van der Waals surface area contributed by atoms with Gasteiger partial charge in [-0.05, 0) is 36.4 Å². The fourth-order valence-corrected chi connectivity index (χ4v) is 2.96. The van der Waals surface area contributed by atoms with Gasteiger partial charge in [-0.3, -0.25) is 4.79 Å². The molecule has 122 valence electrons. The van der Waals surface area contributed by atoms with Crippen LogP contribution in [0, 0.1) is 0 Å². The Labute approximate surface area is 143 Å². The first kappa shape index (κ1) is 17.3. The lowest BCUT2D eigenvalue weighted by molar-refractivity contribution is -0.132. The van der Waals surface area contributed by atoms with Crippen LogP contribution in [-0.2, 0) is 16.1 Å². The number of hydrogen-bond acceptors (Lipinski definition) is 5. The van der Waals surface area contributed by atoms with Crippen LogP contribution in [0.3, 0.4) is 0 Å². The van der Waals surface area contributed by atoms with Crippen LogP contribution in [0.1, 0.15) is 15.2 Å². The summed E-state index contributed by atoms with van der Waals surface area (Å²) in [5, 5.41) is 0. The van der Waals surface area contributed by atoms with Crippen molar-refractivity contribution in [3.8, 4) is 5.75 Å². The molecule has 2 aromatic rings. The van der Waals surface area contributed by atoms with E-state index in [1.165, 1.54) is 18.4 Å². The maximum atomic E-state index is 12.0. The fourth-order valence-electron chi connectivity index (χ4n) is 1.82. The summed E-state index contributed by atoms with van der Waals surface area (Å²) in [5.41, 5.74) is 0.429. The largest absolute Gasteiger partial charge is 0.484 e. The van der Waals surface area contributed by atoms with Gasteiger partial charge in [-0.2, -0.15) is 0 Å². The number of likely N-dealkylation sites (N-methyl/N-ethyl adjacent to an activating group) is 1. The molecule has 5 nitrogen and oxygen atoms in total. The molecule has 0 aliphatic carbocycles. The van der Waals surface area contributed by atoms with Crippen molar-refractivity contribution in [2.75, 3.05) is 20.8 Å². The Hall–Kier alpha value is -2.05. The quantitative estimate of drug-likeness (QED) is 0.748. The molecule has 0 radical (unpaired) electrons. The van der Waals surface area contributed by atoms with Crippen molar-refractivity contribution in [3.63, 3.8) is 0 Å². The second-order valence-corrected chi connectivity index (χ2v) is 6.56. The van der Waals surface area contributed by atoms with E-state index in [9.17, 15) is 9.59 Å². The third-order valence-electron chi connectivity index (χ3n) is 3.09. The third kappa shape index (κ3) is 4.97. The van der Waals surface area contributed by atoms with Gasteiger partial charge in [-0.15, -0.1) is 11.3 Å². The van der Waals surface area contributed by atoms with Crippen LogP contribution in [0.2, 0.25) is 4.34 Å². The molecule has 0 aliphatic heterocycles. The zero-order chi connectivity index (χ0) is 16.8. The van der Waals surface area contributed by atoms with Gasteiger partial charge in [0.25, 0.3) is 5.91 Å². The molecular weight excluding hydrogens is 338 g/mol. The number of ether oxygens (including phenoxy) is 2. The molecule has 0 saturated carbocycles. The minimum absolute atomic E-state index is 0.0762. The van der Waals surface area contributed by atoms with Crippen molar-refractivity contribution in [2.45, 2.75) is 6.54 Å². The zero-order valence-electron chi connectivity index (χ0n) is 12.7. The minimum atomic E-state index is -0.415. The van der Waals surface area contributed by atoms with Crippen LogP contribution in [0.5, 0.6) is 5.75 Å². The second-order valence-electron chi connectivity index (χ2n) is 4.76. The average molecular weight is 354 g/mol. The lowest BCUT2D eigenvalue weighted by Crippen LogP contribution is -2.30. The SMILES string of the molecule is COC(=O)c1ccc(OCC(=O)N(C)Cc2ccc(Cl)s2)cc1. The number of methoxy groups -OCH3 is 1. The van der Waals surface area contributed by atoms with Crippen LogP contribution in [0.15, 0.2) is 36.4 Å². The average Bonchev–Trinajstić information content (AvgIpc) is 2.97. The summed E-state index contributed by atoms with van der Waals surface area (Å²) < 4.78 is 10.7. The smallest absolute Gasteiger partial charge is 0.337 e. The van der Waals surface area contributed by atoms with E-state index < -0.39 is 5.97 Å². The number of carbonyl (C=O) groups excluding carboxylic acids is 2. The lowest BCUT2D eigenvalue weighted by Gasteiger charge is -2.16. The Kier molecular flexibility index (Phi) is 6.01. The van der Waals surface area contributed by atoms with E-state index >= 15 is 0 Å². The number of nitrogens with zero attached hydrogens (tertiary/aromatic N) is 1. The molecule has 1 aromatic heterocycles. The number of halogens is 1. The first-order valence-corrected chi connectivity index (χ1v) is 7.98. The standard InChI is InChI=1S/C16H16ClNO4S/c1-18(9-13-7-8-14(17)23-13)15(19)10-22-12-5-3-11(4-6-12)16(20)21-2/h3-8H,9-10H2,1-2H3. The second kappa shape index (κ2) is 7.99. The molecule has 7 heteroatoms. The molecule has 0 spiro atoms. The van der Waals surface area contributed by atoms with Gasteiger partial charge in [-0.25, -0.2) is 4.79 Å². The van der Waals surface area contributed by atoms with Gasteiger partial charge >= 0.3 is 5.97 Å². The monoisotopic (exact) mass is 353 g/mol. The zero-order valence-corrected chi connectivity index (χ0v) is 14.3. The third-order valence-corrected chi connectivity index (χ3v) is 4.30. The Balaban J connectivity index is 1.84. The van der Waals surface area contributed by atoms with Gasteiger partial charge in [0.2, 0.25) is 0 Å². The number of amides is 1. The summed E-state index contributed by atoms with van der Waals surface area (Å²) in [6.07, 6.45) is 0. The van der Waals surface area contributed by atoms with Crippen molar-refractivity contribution in [2.24, 2.45) is 0 Å². The highest BCUT2D eigenvalue weighted by Gasteiger charge is 2.12. The molecule has 1 aromatic carbocycles. The van der Waals surface area contributed by atoms with Gasteiger partial charge in [0, 0.05) is 11.9 Å². The summed E-state index contributed by atoms with van der Waals surface area (Å²) in [5.74, 6) is -0.0490. The summed E-state index contributed by atoms with van der Waals surface area (Å²) >= 11 is 7.31. The summed E-state index contributed by atoms with van der Waals surface area (Å²) in [6, 6.07) is 10.1. The molecule has 1 heterocycles. The molecule has 0 fully saturated rings. The highest BCUT2D eigenvalue weighted by Crippen LogP contribution is 2.22. The van der Waals surface area contributed by atoms with Crippen molar-refractivity contribution in [3.05, 3.63) is 51.2 Å². The molecule has 0 saturated heterocycles. The maximum absolute atomic E-state index is 12.0. The lowest BCUT2D eigenvalue weighted by atomic mass is 10.2. The minimum Gasteiger partial charge on any atom is -0.484 e. The van der Waals surface area contributed by atoms with E-state index in [4.69, 9.17) is 16.3 Å². The molecule has 0 unspecified atom stereocenters. The molecule has 1 amide bonds. The molecule has 23 heavy (non-hydrogen) atoms. The number of hydrogen-bond donors (Lipinski definition) is 0. The number of benzene rings is 1. The number of thiophene rings is 1. The van der Waals surface area contributed by atoms with Crippen molar-refractivity contribution >= 4 is 34.8 Å². The number of carbonyl (C=O) groups is 2. The Morgan fingerprint density at radius 1 is 1.17 bits per heavy atom. The molecule has 0 aliphatic rings. The van der Waals surface area contributed by atoms with E-state index in [1.54, 1.807) is 42.3 Å². The first-order valence-electron chi connectivity index (χ1n) is 6.79. The van der Waals surface area contributed by atoms with E-state index in [-0.39, 0.29) is 12.5 Å². The van der Waals surface area contributed by atoms with Crippen LogP contribution >= 0.6 is 22.9 Å². The predicted molar refractivity (Wildman–Crippen MR) is 89.1 cm³/mol. The highest BCUT2D eigenvalue weighted by atomic mass is 35.5. The maximum Gasteiger partial charge on any atom is 0.337 e. The van der Waals surface area contributed by atoms with Crippen molar-refractivity contribution in [1.82, 2.24) is 4.90 Å². The topological polar surface area (TPSA) is 55.8 Å². The number of esters is 1. The molecule has 0 N–H and O–H groups in total. The first-order chi connectivity index (χ1) is 11.0. The van der Waals surface area contributed by atoms with Gasteiger partial charge < -0.3 is 14.4 Å². The van der Waals surface area contributed by atoms with Crippen molar-refractivity contribution in [1.29, 1.82) is 0 Å². The molecule has 0 bridgehead atoms. The Morgan fingerprint density at radius 3 is 2.43 bits per heavy atom. The molecule has 2 rings (SSSR count). The predicted octanol–water partition coefficient (Wildman–Crippen LogP) is 3.23. The van der Waals surface area contributed by atoms with E-state index in [0.717, 1.165) is 4.88 Å². The summed E-state index contributed by atoms with van der Waals surface area (Å²) in [7, 11) is 3.03. The van der Waals surface area contributed by atoms with Crippen LogP contribution < -0.4 is 4.74 Å².